The average molecular weight is 288 g/mol. The molecule has 104 valence electrons. The van der Waals surface area contributed by atoms with Crippen molar-refractivity contribution >= 4 is 17.3 Å². The Labute approximate surface area is 124 Å². The van der Waals surface area contributed by atoms with Crippen LogP contribution in [-0.2, 0) is 11.2 Å². The molecule has 0 spiro atoms. The molecule has 0 saturated heterocycles. The highest BCUT2D eigenvalue weighted by Gasteiger charge is 2.19. The van der Waals surface area contributed by atoms with Gasteiger partial charge in [0.1, 0.15) is 0 Å². The number of nitrogens with one attached hydrogen (secondary N) is 1. The van der Waals surface area contributed by atoms with Crippen molar-refractivity contribution in [2.45, 2.75) is 19.4 Å². The third-order valence-corrected chi connectivity index (χ3v) is 4.16. The van der Waals surface area contributed by atoms with Crippen molar-refractivity contribution < 1.29 is 4.74 Å². The number of fused-ring (bicyclic) bond motifs is 1. The SMILES string of the molecule is Cc1ccc(NCC2OCCc3ccccc32)cc1Cl. The van der Waals surface area contributed by atoms with E-state index in [9.17, 15) is 0 Å². The van der Waals surface area contributed by atoms with Crippen molar-refractivity contribution in [3.05, 3.63) is 64.2 Å². The van der Waals surface area contributed by atoms with Gasteiger partial charge in [-0.1, -0.05) is 41.9 Å². The number of ether oxygens (including phenoxy) is 1. The molecule has 1 heterocycles. The lowest BCUT2D eigenvalue weighted by molar-refractivity contribution is 0.0513. The van der Waals surface area contributed by atoms with Crippen LogP contribution in [-0.4, -0.2) is 13.2 Å². The summed E-state index contributed by atoms with van der Waals surface area (Å²) in [5, 5.41) is 4.21. The summed E-state index contributed by atoms with van der Waals surface area (Å²) >= 11 is 6.15. The highest BCUT2D eigenvalue weighted by Crippen LogP contribution is 2.27. The van der Waals surface area contributed by atoms with Gasteiger partial charge < -0.3 is 10.1 Å². The van der Waals surface area contributed by atoms with Crippen molar-refractivity contribution in [2.24, 2.45) is 0 Å². The van der Waals surface area contributed by atoms with E-state index in [0.29, 0.717) is 0 Å². The molecule has 0 saturated carbocycles. The van der Waals surface area contributed by atoms with Crippen LogP contribution in [0.4, 0.5) is 5.69 Å². The molecule has 1 N–H and O–H groups in total. The maximum Gasteiger partial charge on any atom is 0.0999 e. The van der Waals surface area contributed by atoms with Gasteiger partial charge in [0, 0.05) is 17.3 Å². The fourth-order valence-electron chi connectivity index (χ4n) is 2.56. The van der Waals surface area contributed by atoms with E-state index >= 15 is 0 Å². The minimum atomic E-state index is 0.111. The number of hydrogen-bond donors (Lipinski definition) is 1. The van der Waals surface area contributed by atoms with Gasteiger partial charge in [0.25, 0.3) is 0 Å². The Balaban J connectivity index is 1.71. The molecule has 0 aromatic heterocycles. The molecule has 1 aliphatic rings. The van der Waals surface area contributed by atoms with Crippen LogP contribution in [0.5, 0.6) is 0 Å². The third-order valence-electron chi connectivity index (χ3n) is 3.76. The zero-order valence-electron chi connectivity index (χ0n) is 11.5. The Morgan fingerprint density at radius 3 is 2.95 bits per heavy atom. The second-order valence-corrected chi connectivity index (χ2v) is 5.56. The lowest BCUT2D eigenvalue weighted by atomic mass is 9.97. The van der Waals surface area contributed by atoms with Gasteiger partial charge >= 0.3 is 0 Å². The van der Waals surface area contributed by atoms with E-state index in [1.165, 1.54) is 11.1 Å². The Hall–Kier alpha value is -1.51. The van der Waals surface area contributed by atoms with Crippen molar-refractivity contribution in [1.29, 1.82) is 0 Å². The van der Waals surface area contributed by atoms with Crippen molar-refractivity contribution in [2.75, 3.05) is 18.5 Å². The molecular formula is C17H18ClNO. The first-order valence-corrected chi connectivity index (χ1v) is 7.31. The summed E-state index contributed by atoms with van der Waals surface area (Å²) in [6.45, 7) is 3.56. The Kier molecular flexibility index (Phi) is 3.95. The van der Waals surface area contributed by atoms with Crippen LogP contribution in [0.15, 0.2) is 42.5 Å². The Morgan fingerprint density at radius 1 is 1.25 bits per heavy atom. The zero-order chi connectivity index (χ0) is 13.9. The topological polar surface area (TPSA) is 21.3 Å². The summed E-state index contributed by atoms with van der Waals surface area (Å²) in [7, 11) is 0. The second-order valence-electron chi connectivity index (χ2n) is 5.15. The molecule has 3 rings (SSSR count). The van der Waals surface area contributed by atoms with Gasteiger partial charge in [0.05, 0.1) is 12.7 Å². The first kappa shape index (κ1) is 13.5. The number of hydrogen-bond acceptors (Lipinski definition) is 2. The van der Waals surface area contributed by atoms with Crippen molar-refractivity contribution in [3.8, 4) is 0 Å². The van der Waals surface area contributed by atoms with Crippen LogP contribution in [0, 0.1) is 6.92 Å². The highest BCUT2D eigenvalue weighted by atomic mass is 35.5. The van der Waals surface area contributed by atoms with Gasteiger partial charge in [0.15, 0.2) is 0 Å². The van der Waals surface area contributed by atoms with Crippen LogP contribution >= 0.6 is 11.6 Å². The van der Waals surface area contributed by atoms with E-state index in [4.69, 9.17) is 16.3 Å². The van der Waals surface area contributed by atoms with Gasteiger partial charge in [0.2, 0.25) is 0 Å². The van der Waals surface area contributed by atoms with E-state index in [-0.39, 0.29) is 6.10 Å². The number of rotatable bonds is 3. The predicted octanol–water partition coefficient (Wildman–Crippen LogP) is 4.37. The van der Waals surface area contributed by atoms with Crippen LogP contribution in [0.25, 0.3) is 0 Å². The minimum Gasteiger partial charge on any atom is -0.382 e. The molecule has 1 aliphatic heterocycles. The molecule has 2 aromatic rings. The molecule has 3 heteroatoms. The monoisotopic (exact) mass is 287 g/mol. The van der Waals surface area contributed by atoms with E-state index in [1.54, 1.807) is 0 Å². The van der Waals surface area contributed by atoms with E-state index in [2.05, 4.69) is 35.6 Å². The average Bonchev–Trinajstić information content (AvgIpc) is 2.48. The molecule has 2 aromatic carbocycles. The van der Waals surface area contributed by atoms with Crippen molar-refractivity contribution in [3.63, 3.8) is 0 Å². The zero-order valence-corrected chi connectivity index (χ0v) is 12.3. The smallest absolute Gasteiger partial charge is 0.0999 e. The lowest BCUT2D eigenvalue weighted by Gasteiger charge is -2.26. The van der Waals surface area contributed by atoms with Crippen molar-refractivity contribution in [1.82, 2.24) is 0 Å². The summed E-state index contributed by atoms with van der Waals surface area (Å²) in [4.78, 5) is 0. The normalized spacial score (nSPS) is 17.6. The maximum atomic E-state index is 6.15. The van der Waals surface area contributed by atoms with Crippen LogP contribution < -0.4 is 5.32 Å². The maximum absolute atomic E-state index is 6.15. The number of halogens is 1. The summed E-state index contributed by atoms with van der Waals surface area (Å²) in [6, 6.07) is 14.6. The standard InChI is InChI=1S/C17H18ClNO/c1-12-6-7-14(10-16(12)18)19-11-17-15-5-3-2-4-13(15)8-9-20-17/h2-7,10,17,19H,8-9,11H2,1H3. The molecule has 0 fully saturated rings. The summed E-state index contributed by atoms with van der Waals surface area (Å²) in [6.07, 6.45) is 1.11. The molecule has 0 amide bonds. The van der Waals surface area contributed by atoms with E-state index < -0.39 is 0 Å². The van der Waals surface area contributed by atoms with E-state index in [0.717, 1.165) is 35.8 Å². The summed E-state index contributed by atoms with van der Waals surface area (Å²) in [5.41, 5.74) is 4.82. The number of aryl methyl sites for hydroxylation is 1. The van der Waals surface area contributed by atoms with Crippen LogP contribution in [0.1, 0.15) is 22.8 Å². The molecular weight excluding hydrogens is 270 g/mol. The molecule has 20 heavy (non-hydrogen) atoms. The number of benzene rings is 2. The first-order chi connectivity index (χ1) is 9.74. The highest BCUT2D eigenvalue weighted by molar-refractivity contribution is 6.31. The first-order valence-electron chi connectivity index (χ1n) is 6.93. The molecule has 1 unspecified atom stereocenters. The summed E-state index contributed by atoms with van der Waals surface area (Å²) in [5.74, 6) is 0. The lowest BCUT2D eigenvalue weighted by Crippen LogP contribution is -2.22. The van der Waals surface area contributed by atoms with Gasteiger partial charge in [-0.25, -0.2) is 0 Å². The Bertz CT molecular complexity index is 612. The second kappa shape index (κ2) is 5.86. The molecule has 0 aliphatic carbocycles. The fourth-order valence-corrected chi connectivity index (χ4v) is 2.74. The van der Waals surface area contributed by atoms with Crippen LogP contribution in [0.3, 0.4) is 0 Å². The van der Waals surface area contributed by atoms with Gasteiger partial charge in [-0.15, -0.1) is 0 Å². The molecule has 2 nitrogen and oxygen atoms in total. The van der Waals surface area contributed by atoms with E-state index in [1.807, 2.05) is 19.1 Å². The molecule has 0 radical (unpaired) electrons. The number of anilines is 1. The predicted molar refractivity (Wildman–Crippen MR) is 83.5 cm³/mol. The van der Waals surface area contributed by atoms with Gasteiger partial charge in [-0.05, 0) is 42.2 Å². The Morgan fingerprint density at radius 2 is 2.10 bits per heavy atom. The van der Waals surface area contributed by atoms with Crippen LogP contribution in [0.2, 0.25) is 5.02 Å². The van der Waals surface area contributed by atoms with Gasteiger partial charge in [-0.2, -0.15) is 0 Å². The van der Waals surface area contributed by atoms with Gasteiger partial charge in [-0.3, -0.25) is 0 Å². The quantitative estimate of drug-likeness (QED) is 0.905. The third kappa shape index (κ3) is 2.82. The molecule has 1 atom stereocenters. The minimum absolute atomic E-state index is 0.111. The molecule has 0 bridgehead atoms. The fraction of sp³-hybridized carbons (Fsp3) is 0.294. The summed E-state index contributed by atoms with van der Waals surface area (Å²) < 4.78 is 5.88. The largest absolute Gasteiger partial charge is 0.382 e.